The number of aryl methyl sites for hydroxylation is 1. The second-order valence-corrected chi connectivity index (χ2v) is 6.00. The first-order valence-corrected chi connectivity index (χ1v) is 7.87. The van der Waals surface area contributed by atoms with Gasteiger partial charge in [0.2, 0.25) is 5.91 Å². The van der Waals surface area contributed by atoms with E-state index < -0.39 is 30.3 Å². The van der Waals surface area contributed by atoms with Crippen molar-refractivity contribution in [2.45, 2.75) is 20.3 Å². The third-order valence-corrected chi connectivity index (χ3v) is 4.19. The molecule has 1 aliphatic rings. The van der Waals surface area contributed by atoms with Gasteiger partial charge in [-0.15, -0.1) is 0 Å². The number of nitrogens with one attached hydrogen (secondary N) is 1. The van der Waals surface area contributed by atoms with Crippen LogP contribution in [0.3, 0.4) is 0 Å². The zero-order chi connectivity index (χ0) is 17.1. The molecule has 2 rings (SSSR count). The molecule has 5 amide bonds. The van der Waals surface area contributed by atoms with Crippen molar-refractivity contribution in [1.82, 2.24) is 9.80 Å². The van der Waals surface area contributed by atoms with Gasteiger partial charge in [-0.05, 0) is 31.0 Å². The van der Waals surface area contributed by atoms with Gasteiger partial charge in [-0.3, -0.25) is 19.3 Å². The van der Waals surface area contributed by atoms with E-state index in [-0.39, 0.29) is 6.54 Å². The van der Waals surface area contributed by atoms with Crippen molar-refractivity contribution >= 4 is 45.4 Å². The van der Waals surface area contributed by atoms with E-state index in [4.69, 9.17) is 0 Å². The van der Waals surface area contributed by atoms with Crippen LogP contribution in [0.1, 0.15) is 18.9 Å². The normalized spacial score (nSPS) is 14.7. The summed E-state index contributed by atoms with van der Waals surface area (Å²) in [5.41, 5.74) is 1.54. The summed E-state index contributed by atoms with van der Waals surface area (Å²) in [6.45, 7) is 3.36. The summed E-state index contributed by atoms with van der Waals surface area (Å²) in [5.74, 6) is -2.40. The average molecular weight is 382 g/mol. The molecule has 0 spiro atoms. The van der Waals surface area contributed by atoms with Crippen molar-refractivity contribution in [3.05, 3.63) is 28.2 Å². The maximum Gasteiger partial charge on any atom is 0.334 e. The van der Waals surface area contributed by atoms with Gasteiger partial charge in [-0.2, -0.15) is 0 Å². The Morgan fingerprint density at radius 2 is 1.83 bits per heavy atom. The van der Waals surface area contributed by atoms with Crippen LogP contribution in [0, 0.1) is 6.92 Å². The Morgan fingerprint density at radius 3 is 2.43 bits per heavy atom. The lowest BCUT2D eigenvalue weighted by Gasteiger charge is -2.14. The minimum absolute atomic E-state index is 0.159. The Morgan fingerprint density at radius 1 is 1.17 bits per heavy atom. The molecule has 1 N–H and O–H groups in total. The predicted octanol–water partition coefficient (Wildman–Crippen LogP) is 1.90. The van der Waals surface area contributed by atoms with Gasteiger partial charge in [0, 0.05) is 16.7 Å². The summed E-state index contributed by atoms with van der Waals surface area (Å²) in [7, 11) is 0. The molecule has 1 aromatic rings. The zero-order valence-electron chi connectivity index (χ0n) is 12.8. The second-order valence-electron chi connectivity index (χ2n) is 5.14. The molecule has 0 atom stereocenters. The van der Waals surface area contributed by atoms with Crippen LogP contribution in [0.5, 0.6) is 0 Å². The lowest BCUT2D eigenvalue weighted by molar-refractivity contribution is -0.143. The van der Waals surface area contributed by atoms with Gasteiger partial charge in [0.25, 0.3) is 0 Å². The molecule has 0 unspecified atom stereocenters. The first kappa shape index (κ1) is 17.1. The fraction of sp³-hybridized carbons (Fsp3) is 0.333. The van der Waals surface area contributed by atoms with E-state index >= 15 is 0 Å². The van der Waals surface area contributed by atoms with Crippen molar-refractivity contribution < 1.29 is 19.2 Å². The fourth-order valence-electron chi connectivity index (χ4n) is 2.13. The fourth-order valence-corrected chi connectivity index (χ4v) is 2.50. The SMILES string of the molecule is CCCN1C(=O)C(=O)N(CC(=O)Nc2ccc(C)c(Br)c2)C1=O. The first-order valence-electron chi connectivity index (χ1n) is 7.08. The molecule has 1 fully saturated rings. The number of amides is 5. The van der Waals surface area contributed by atoms with Crippen molar-refractivity contribution in [2.75, 3.05) is 18.4 Å². The average Bonchev–Trinajstić information content (AvgIpc) is 2.69. The van der Waals surface area contributed by atoms with Gasteiger partial charge < -0.3 is 5.32 Å². The number of hydrogen-bond acceptors (Lipinski definition) is 4. The summed E-state index contributed by atoms with van der Waals surface area (Å²) in [6.07, 6.45) is 0.544. The van der Waals surface area contributed by atoms with Crippen LogP contribution < -0.4 is 5.32 Å². The van der Waals surface area contributed by atoms with Crippen molar-refractivity contribution in [3.8, 4) is 0 Å². The van der Waals surface area contributed by atoms with E-state index in [0.29, 0.717) is 17.0 Å². The number of urea groups is 1. The van der Waals surface area contributed by atoms with Crippen molar-refractivity contribution in [3.63, 3.8) is 0 Å². The van der Waals surface area contributed by atoms with Crippen LogP contribution in [0.15, 0.2) is 22.7 Å². The summed E-state index contributed by atoms with van der Waals surface area (Å²) in [4.78, 5) is 49.1. The zero-order valence-corrected chi connectivity index (χ0v) is 14.3. The Hall–Kier alpha value is -2.22. The Bertz CT molecular complexity index is 689. The molecule has 1 aromatic carbocycles. The first-order chi connectivity index (χ1) is 10.8. The number of imide groups is 2. The molecule has 7 nitrogen and oxygen atoms in total. The van der Waals surface area contributed by atoms with Crippen LogP contribution in [-0.4, -0.2) is 46.6 Å². The predicted molar refractivity (Wildman–Crippen MR) is 86.6 cm³/mol. The number of halogens is 1. The highest BCUT2D eigenvalue weighted by Crippen LogP contribution is 2.20. The largest absolute Gasteiger partial charge is 0.334 e. The maximum absolute atomic E-state index is 12.0. The summed E-state index contributed by atoms with van der Waals surface area (Å²) in [6, 6.07) is 4.50. The van der Waals surface area contributed by atoms with Crippen LogP contribution in [0.4, 0.5) is 10.5 Å². The van der Waals surface area contributed by atoms with Gasteiger partial charge in [0.05, 0.1) is 0 Å². The molecule has 0 bridgehead atoms. The molecule has 0 saturated carbocycles. The van der Waals surface area contributed by atoms with Crippen molar-refractivity contribution in [2.24, 2.45) is 0 Å². The van der Waals surface area contributed by atoms with E-state index in [1.54, 1.807) is 19.1 Å². The van der Waals surface area contributed by atoms with E-state index in [1.807, 2.05) is 13.0 Å². The molecule has 0 aromatic heterocycles. The molecule has 8 heteroatoms. The molecule has 1 aliphatic heterocycles. The number of carbonyl (C=O) groups is 4. The molecule has 1 heterocycles. The van der Waals surface area contributed by atoms with Gasteiger partial charge in [-0.1, -0.05) is 28.9 Å². The van der Waals surface area contributed by atoms with Crippen LogP contribution >= 0.6 is 15.9 Å². The van der Waals surface area contributed by atoms with E-state index in [1.165, 1.54) is 0 Å². The smallest absolute Gasteiger partial charge is 0.324 e. The van der Waals surface area contributed by atoms with Crippen LogP contribution in [0.25, 0.3) is 0 Å². The number of anilines is 1. The Balaban J connectivity index is 2.05. The molecule has 0 aliphatic carbocycles. The maximum atomic E-state index is 12.0. The van der Waals surface area contributed by atoms with Crippen LogP contribution in [-0.2, 0) is 14.4 Å². The number of hydrogen-bond donors (Lipinski definition) is 1. The number of benzene rings is 1. The second kappa shape index (κ2) is 6.91. The molecule has 1 saturated heterocycles. The quantitative estimate of drug-likeness (QED) is 0.623. The lowest BCUT2D eigenvalue weighted by Crippen LogP contribution is -2.39. The molecule has 0 radical (unpaired) electrons. The van der Waals surface area contributed by atoms with Crippen LogP contribution in [0.2, 0.25) is 0 Å². The molecule has 23 heavy (non-hydrogen) atoms. The standard InChI is InChI=1S/C15H16BrN3O4/c1-3-6-18-13(21)14(22)19(15(18)23)8-12(20)17-10-5-4-9(2)11(16)7-10/h4-5,7H,3,6,8H2,1-2H3,(H,17,20). The summed E-state index contributed by atoms with van der Waals surface area (Å²) < 4.78 is 0.827. The minimum Gasteiger partial charge on any atom is -0.324 e. The third kappa shape index (κ3) is 3.58. The monoisotopic (exact) mass is 381 g/mol. The summed E-state index contributed by atoms with van der Waals surface area (Å²) >= 11 is 3.35. The summed E-state index contributed by atoms with van der Waals surface area (Å²) in [5, 5.41) is 2.59. The molecular formula is C15H16BrN3O4. The van der Waals surface area contributed by atoms with Gasteiger partial charge in [0.15, 0.2) is 0 Å². The highest BCUT2D eigenvalue weighted by molar-refractivity contribution is 9.10. The topological polar surface area (TPSA) is 86.8 Å². The van der Waals surface area contributed by atoms with E-state index in [0.717, 1.165) is 14.9 Å². The van der Waals surface area contributed by atoms with E-state index in [9.17, 15) is 19.2 Å². The molecular weight excluding hydrogens is 366 g/mol. The molecule has 122 valence electrons. The van der Waals surface area contributed by atoms with Crippen molar-refractivity contribution in [1.29, 1.82) is 0 Å². The lowest BCUT2D eigenvalue weighted by atomic mass is 10.2. The van der Waals surface area contributed by atoms with Gasteiger partial charge in [-0.25, -0.2) is 9.69 Å². The number of carbonyl (C=O) groups excluding carboxylic acids is 4. The Labute approximate surface area is 141 Å². The highest BCUT2D eigenvalue weighted by atomic mass is 79.9. The van der Waals surface area contributed by atoms with Gasteiger partial charge >= 0.3 is 17.8 Å². The Kier molecular flexibility index (Phi) is 5.15. The van der Waals surface area contributed by atoms with E-state index in [2.05, 4.69) is 21.2 Å². The number of rotatable bonds is 5. The van der Waals surface area contributed by atoms with Gasteiger partial charge in [0.1, 0.15) is 6.54 Å². The highest BCUT2D eigenvalue weighted by Gasteiger charge is 2.44. The third-order valence-electron chi connectivity index (χ3n) is 3.34. The number of nitrogens with zero attached hydrogens (tertiary/aromatic N) is 2. The minimum atomic E-state index is -0.969.